The lowest BCUT2D eigenvalue weighted by molar-refractivity contribution is -0.120. The molecule has 0 unspecified atom stereocenters. The fraction of sp³-hybridized carbons (Fsp3) is 0.421. The zero-order valence-corrected chi connectivity index (χ0v) is 15.3. The highest BCUT2D eigenvalue weighted by Gasteiger charge is 2.11. The number of nitrogens with zero attached hydrogens (tertiary/aromatic N) is 1. The molecular formula is C19H24N2O3S. The Morgan fingerprint density at radius 3 is 2.68 bits per heavy atom. The van der Waals surface area contributed by atoms with E-state index in [0.29, 0.717) is 13.0 Å². The van der Waals surface area contributed by atoms with Crippen LogP contribution in [0.3, 0.4) is 0 Å². The first-order chi connectivity index (χ1) is 12.2. The Morgan fingerprint density at radius 2 is 1.96 bits per heavy atom. The van der Waals surface area contributed by atoms with E-state index in [4.69, 9.17) is 9.47 Å². The van der Waals surface area contributed by atoms with E-state index in [2.05, 4.69) is 16.3 Å². The summed E-state index contributed by atoms with van der Waals surface area (Å²) >= 11 is 1.66. The van der Waals surface area contributed by atoms with E-state index >= 15 is 0 Å². The van der Waals surface area contributed by atoms with Crippen LogP contribution in [0.15, 0.2) is 36.4 Å². The maximum Gasteiger partial charge on any atom is 0.225 e. The van der Waals surface area contributed by atoms with E-state index in [1.807, 2.05) is 30.3 Å². The molecule has 134 valence electrons. The molecule has 2 aromatic rings. The van der Waals surface area contributed by atoms with Crippen LogP contribution in [0.4, 0.5) is 0 Å². The number of thiophene rings is 1. The van der Waals surface area contributed by atoms with Gasteiger partial charge in [-0.05, 0) is 42.0 Å². The molecule has 0 radical (unpaired) electrons. The second-order valence-corrected chi connectivity index (χ2v) is 7.14. The minimum absolute atomic E-state index is 0.0800. The Labute approximate surface area is 152 Å². The SMILES string of the molecule is COc1ccc(-c2ccc(CC(=O)NCCN3CCOCC3)s2)cc1. The Hall–Kier alpha value is -1.89. The van der Waals surface area contributed by atoms with Gasteiger partial charge in [-0.25, -0.2) is 0 Å². The topological polar surface area (TPSA) is 50.8 Å². The first kappa shape index (κ1) is 17.9. The van der Waals surface area contributed by atoms with Crippen LogP contribution in [-0.4, -0.2) is 57.3 Å². The lowest BCUT2D eigenvalue weighted by Crippen LogP contribution is -2.41. The van der Waals surface area contributed by atoms with Gasteiger partial charge in [0.15, 0.2) is 0 Å². The van der Waals surface area contributed by atoms with E-state index in [1.54, 1.807) is 18.4 Å². The van der Waals surface area contributed by atoms with E-state index in [0.717, 1.165) is 49.0 Å². The molecule has 5 nitrogen and oxygen atoms in total. The van der Waals surface area contributed by atoms with Crippen LogP contribution in [0.2, 0.25) is 0 Å². The highest BCUT2D eigenvalue weighted by Crippen LogP contribution is 2.29. The predicted molar refractivity (Wildman–Crippen MR) is 100 cm³/mol. The molecule has 1 aromatic carbocycles. The second kappa shape index (κ2) is 8.99. The summed E-state index contributed by atoms with van der Waals surface area (Å²) in [5.41, 5.74) is 1.14. The fourth-order valence-electron chi connectivity index (χ4n) is 2.78. The lowest BCUT2D eigenvalue weighted by Gasteiger charge is -2.26. The van der Waals surface area contributed by atoms with Crippen molar-refractivity contribution in [2.75, 3.05) is 46.5 Å². The maximum absolute atomic E-state index is 12.1. The minimum Gasteiger partial charge on any atom is -0.497 e. The maximum atomic E-state index is 12.1. The Kier molecular flexibility index (Phi) is 6.44. The van der Waals surface area contributed by atoms with Gasteiger partial charge in [0, 0.05) is 35.9 Å². The molecule has 0 aliphatic carbocycles. The van der Waals surface area contributed by atoms with Crippen LogP contribution >= 0.6 is 11.3 Å². The number of carbonyl (C=O) groups is 1. The third-order valence-corrected chi connectivity index (χ3v) is 5.36. The van der Waals surface area contributed by atoms with Gasteiger partial charge in [-0.2, -0.15) is 0 Å². The molecular weight excluding hydrogens is 336 g/mol. The normalized spacial score (nSPS) is 15.1. The molecule has 1 N–H and O–H groups in total. The van der Waals surface area contributed by atoms with Crippen molar-refractivity contribution in [2.45, 2.75) is 6.42 Å². The molecule has 1 aliphatic heterocycles. The molecule has 0 atom stereocenters. The van der Waals surface area contributed by atoms with Crippen LogP contribution in [0, 0.1) is 0 Å². The number of morpholine rings is 1. The average molecular weight is 360 g/mol. The molecule has 0 bridgehead atoms. The number of nitrogens with one attached hydrogen (secondary N) is 1. The minimum atomic E-state index is 0.0800. The van der Waals surface area contributed by atoms with Crippen molar-refractivity contribution < 1.29 is 14.3 Å². The lowest BCUT2D eigenvalue weighted by atomic mass is 10.2. The number of hydrogen-bond acceptors (Lipinski definition) is 5. The van der Waals surface area contributed by atoms with Gasteiger partial charge in [-0.1, -0.05) is 0 Å². The van der Waals surface area contributed by atoms with Gasteiger partial charge in [0.1, 0.15) is 5.75 Å². The van der Waals surface area contributed by atoms with Crippen molar-refractivity contribution >= 4 is 17.2 Å². The molecule has 1 saturated heterocycles. The van der Waals surface area contributed by atoms with Crippen LogP contribution in [0.1, 0.15) is 4.88 Å². The Balaban J connectivity index is 1.46. The third kappa shape index (κ3) is 5.29. The van der Waals surface area contributed by atoms with E-state index in [9.17, 15) is 4.79 Å². The summed E-state index contributed by atoms with van der Waals surface area (Å²) < 4.78 is 10.5. The highest BCUT2D eigenvalue weighted by molar-refractivity contribution is 7.15. The number of amides is 1. The molecule has 1 amide bonds. The summed E-state index contributed by atoms with van der Waals surface area (Å²) in [6, 6.07) is 12.1. The predicted octanol–water partition coefficient (Wildman–Crippen LogP) is 2.41. The molecule has 25 heavy (non-hydrogen) atoms. The van der Waals surface area contributed by atoms with Crippen LogP contribution < -0.4 is 10.1 Å². The standard InChI is InChI=1S/C19H24N2O3S/c1-23-16-4-2-15(3-5-16)18-7-6-17(25-18)14-19(22)20-8-9-21-10-12-24-13-11-21/h2-7H,8-14H2,1H3,(H,20,22). The molecule has 1 aliphatic rings. The average Bonchev–Trinajstić information content (AvgIpc) is 3.11. The summed E-state index contributed by atoms with van der Waals surface area (Å²) in [5, 5.41) is 3.01. The summed E-state index contributed by atoms with van der Waals surface area (Å²) in [5.74, 6) is 0.927. The quantitative estimate of drug-likeness (QED) is 0.824. The van der Waals surface area contributed by atoms with Gasteiger partial charge >= 0.3 is 0 Å². The number of rotatable bonds is 7. The molecule has 1 fully saturated rings. The molecule has 3 rings (SSSR count). The largest absolute Gasteiger partial charge is 0.497 e. The van der Waals surface area contributed by atoms with E-state index in [1.165, 1.54) is 4.88 Å². The van der Waals surface area contributed by atoms with Gasteiger partial charge in [0.05, 0.1) is 26.7 Å². The van der Waals surface area contributed by atoms with Crippen LogP contribution in [0.5, 0.6) is 5.75 Å². The molecule has 0 saturated carbocycles. The first-order valence-corrected chi connectivity index (χ1v) is 9.36. The fourth-order valence-corrected chi connectivity index (χ4v) is 3.79. The summed E-state index contributed by atoms with van der Waals surface area (Å²) in [6.07, 6.45) is 0.434. The summed E-state index contributed by atoms with van der Waals surface area (Å²) in [4.78, 5) is 16.7. The van der Waals surface area contributed by atoms with Crippen LogP contribution in [-0.2, 0) is 16.0 Å². The van der Waals surface area contributed by atoms with Crippen LogP contribution in [0.25, 0.3) is 10.4 Å². The summed E-state index contributed by atoms with van der Waals surface area (Å²) in [6.45, 7) is 5.05. The van der Waals surface area contributed by atoms with Crippen molar-refractivity contribution in [3.05, 3.63) is 41.3 Å². The number of hydrogen-bond donors (Lipinski definition) is 1. The number of benzene rings is 1. The van der Waals surface area contributed by atoms with Gasteiger partial charge in [0.25, 0.3) is 0 Å². The van der Waals surface area contributed by atoms with Crippen molar-refractivity contribution in [2.24, 2.45) is 0 Å². The Morgan fingerprint density at radius 1 is 1.20 bits per heavy atom. The molecule has 6 heteroatoms. The second-order valence-electron chi connectivity index (χ2n) is 5.98. The zero-order chi connectivity index (χ0) is 17.5. The first-order valence-electron chi connectivity index (χ1n) is 8.54. The zero-order valence-electron chi connectivity index (χ0n) is 14.5. The molecule has 2 heterocycles. The number of methoxy groups -OCH3 is 1. The summed E-state index contributed by atoms with van der Waals surface area (Å²) in [7, 11) is 1.66. The van der Waals surface area contributed by atoms with E-state index < -0.39 is 0 Å². The van der Waals surface area contributed by atoms with Gasteiger partial charge < -0.3 is 14.8 Å². The number of ether oxygens (including phenoxy) is 2. The van der Waals surface area contributed by atoms with Crippen molar-refractivity contribution in [3.8, 4) is 16.2 Å². The molecule has 1 aromatic heterocycles. The number of carbonyl (C=O) groups excluding carboxylic acids is 1. The smallest absolute Gasteiger partial charge is 0.225 e. The monoisotopic (exact) mass is 360 g/mol. The van der Waals surface area contributed by atoms with Gasteiger partial charge in [-0.15, -0.1) is 11.3 Å². The van der Waals surface area contributed by atoms with E-state index in [-0.39, 0.29) is 5.91 Å². The van der Waals surface area contributed by atoms with Gasteiger partial charge in [-0.3, -0.25) is 9.69 Å². The van der Waals surface area contributed by atoms with Gasteiger partial charge in [0.2, 0.25) is 5.91 Å². The molecule has 0 spiro atoms. The van der Waals surface area contributed by atoms with Crippen molar-refractivity contribution in [3.63, 3.8) is 0 Å². The Bertz CT molecular complexity index is 678. The van der Waals surface area contributed by atoms with Crippen molar-refractivity contribution in [1.29, 1.82) is 0 Å². The third-order valence-electron chi connectivity index (χ3n) is 4.22. The highest BCUT2D eigenvalue weighted by atomic mass is 32.1. The van der Waals surface area contributed by atoms with Crippen molar-refractivity contribution in [1.82, 2.24) is 10.2 Å².